The van der Waals surface area contributed by atoms with Crippen molar-refractivity contribution in [3.63, 3.8) is 0 Å². The summed E-state index contributed by atoms with van der Waals surface area (Å²) in [7, 11) is -0.441. The molecule has 2 aliphatic rings. The third kappa shape index (κ3) is 5.80. The predicted octanol–water partition coefficient (Wildman–Crippen LogP) is 6.49. The van der Waals surface area contributed by atoms with Crippen LogP contribution < -0.4 is 9.77 Å². The van der Waals surface area contributed by atoms with E-state index in [0.29, 0.717) is 36.6 Å². The van der Waals surface area contributed by atoms with Gasteiger partial charge in [0.25, 0.3) is 0 Å². The second-order valence-electron chi connectivity index (χ2n) is 12.6. The molecule has 1 saturated heterocycles. The van der Waals surface area contributed by atoms with Crippen molar-refractivity contribution in [2.45, 2.75) is 77.4 Å². The number of aryl methyl sites for hydroxylation is 1. The molecule has 42 heavy (non-hydrogen) atoms. The lowest BCUT2D eigenvalue weighted by molar-refractivity contribution is 0.00578. The fourth-order valence-corrected chi connectivity index (χ4v) is 6.17. The first-order valence-corrected chi connectivity index (χ1v) is 15.6. The summed E-state index contributed by atoms with van der Waals surface area (Å²) >= 11 is -2.46. The standard InChI is InChI=1S/C33H37BFNO5S/c1-21-16-23(8-13-29(21)34-40-32(2,3)33(4,5)41-34)14-15-36(42(37)38)30-20-31-25(19-28(30)24-9-10-24)18-27(39-31)17-22-6-11-26(35)12-7-22/h6-8,11-13,16,18-20,24H,9-10,14-15,17H2,1-5H3,(H,37,38)/p-1. The van der Waals surface area contributed by atoms with Crippen molar-refractivity contribution in [2.75, 3.05) is 10.8 Å². The van der Waals surface area contributed by atoms with E-state index >= 15 is 0 Å². The molecule has 9 heteroatoms. The molecule has 0 radical (unpaired) electrons. The average molecular weight is 589 g/mol. The summed E-state index contributed by atoms with van der Waals surface area (Å²) in [6, 6.07) is 18.4. The topological polar surface area (TPSA) is 75.0 Å². The average Bonchev–Trinajstić information content (AvgIpc) is 3.64. The Labute approximate surface area is 249 Å². The first-order valence-electron chi connectivity index (χ1n) is 14.5. The zero-order valence-corrected chi connectivity index (χ0v) is 25.6. The Morgan fingerprint density at radius 3 is 2.26 bits per heavy atom. The van der Waals surface area contributed by atoms with Crippen LogP contribution in [-0.4, -0.2) is 33.6 Å². The number of hydrogen-bond acceptors (Lipinski definition) is 5. The molecule has 1 unspecified atom stereocenters. The van der Waals surface area contributed by atoms with E-state index in [1.807, 2.05) is 58.9 Å². The first kappa shape index (κ1) is 29.1. The highest BCUT2D eigenvalue weighted by atomic mass is 32.2. The Kier molecular flexibility index (Phi) is 7.58. The molecule has 0 bridgehead atoms. The molecule has 1 atom stereocenters. The van der Waals surface area contributed by atoms with Crippen LogP contribution in [0.2, 0.25) is 0 Å². The molecule has 3 aromatic carbocycles. The summed E-state index contributed by atoms with van der Waals surface area (Å²) < 4.78 is 58.6. The zero-order valence-electron chi connectivity index (χ0n) is 24.7. The molecule has 1 aliphatic heterocycles. The molecule has 220 valence electrons. The fraction of sp³-hybridized carbons (Fsp3) is 0.394. The number of benzene rings is 3. The molecule has 0 spiro atoms. The number of nitrogens with zero attached hydrogens (tertiary/aromatic N) is 1. The second-order valence-corrected chi connectivity index (χ2v) is 13.5. The number of furan rings is 1. The third-order valence-electron chi connectivity index (χ3n) is 8.92. The van der Waals surface area contributed by atoms with Crippen molar-refractivity contribution < 1.29 is 26.9 Å². The normalized spacial score (nSPS) is 18.5. The summed E-state index contributed by atoms with van der Waals surface area (Å²) in [5.74, 6) is 0.819. The van der Waals surface area contributed by atoms with Gasteiger partial charge in [-0.25, -0.2) is 4.39 Å². The molecule has 2 heterocycles. The van der Waals surface area contributed by atoms with Gasteiger partial charge in [-0.3, -0.25) is 4.21 Å². The van der Waals surface area contributed by atoms with Gasteiger partial charge < -0.3 is 22.6 Å². The smallest absolute Gasteiger partial charge is 0.495 e. The molecule has 2 fully saturated rings. The minimum atomic E-state index is -2.46. The van der Waals surface area contributed by atoms with Crippen molar-refractivity contribution in [1.82, 2.24) is 0 Å². The maximum atomic E-state index is 13.3. The highest BCUT2D eigenvalue weighted by Crippen LogP contribution is 2.46. The number of rotatable bonds is 9. The fourth-order valence-electron chi connectivity index (χ4n) is 5.61. The number of anilines is 1. The lowest BCUT2D eigenvalue weighted by Gasteiger charge is -2.32. The van der Waals surface area contributed by atoms with E-state index in [2.05, 4.69) is 12.1 Å². The highest BCUT2D eigenvalue weighted by Gasteiger charge is 2.52. The molecule has 1 saturated carbocycles. The van der Waals surface area contributed by atoms with Crippen molar-refractivity contribution in [3.8, 4) is 0 Å². The van der Waals surface area contributed by atoms with Crippen LogP contribution in [0.3, 0.4) is 0 Å². The van der Waals surface area contributed by atoms with Crippen LogP contribution in [0.4, 0.5) is 10.1 Å². The Bertz CT molecular complexity index is 1630. The van der Waals surface area contributed by atoms with E-state index in [9.17, 15) is 13.2 Å². The second kappa shape index (κ2) is 10.9. The summed E-state index contributed by atoms with van der Waals surface area (Å²) in [6.07, 6.45) is 3.16. The van der Waals surface area contributed by atoms with Gasteiger partial charge in [0.05, 0.1) is 16.9 Å². The quantitative estimate of drug-likeness (QED) is 0.165. The van der Waals surface area contributed by atoms with Gasteiger partial charge in [-0.05, 0) is 106 Å². The zero-order chi connectivity index (χ0) is 29.8. The van der Waals surface area contributed by atoms with Gasteiger partial charge in [0, 0.05) is 35.7 Å². The van der Waals surface area contributed by atoms with Crippen molar-refractivity contribution in [3.05, 3.63) is 94.5 Å². The van der Waals surface area contributed by atoms with Crippen LogP contribution in [0.5, 0.6) is 0 Å². The van der Waals surface area contributed by atoms with E-state index in [1.165, 1.54) is 16.4 Å². The minimum Gasteiger partial charge on any atom is -0.755 e. The molecule has 4 aromatic rings. The van der Waals surface area contributed by atoms with Gasteiger partial charge in [0.1, 0.15) is 17.2 Å². The monoisotopic (exact) mass is 588 g/mol. The lowest BCUT2D eigenvalue weighted by atomic mass is 9.75. The van der Waals surface area contributed by atoms with Gasteiger partial charge in [-0.15, -0.1) is 0 Å². The van der Waals surface area contributed by atoms with Crippen molar-refractivity contribution >= 4 is 40.5 Å². The Morgan fingerprint density at radius 2 is 1.64 bits per heavy atom. The Hall–Kier alpha value is -2.98. The highest BCUT2D eigenvalue weighted by molar-refractivity contribution is 7.80. The van der Waals surface area contributed by atoms with Crippen molar-refractivity contribution in [2.24, 2.45) is 0 Å². The van der Waals surface area contributed by atoms with Gasteiger partial charge in [-0.1, -0.05) is 35.9 Å². The number of halogens is 1. The van der Waals surface area contributed by atoms with E-state index in [1.54, 1.807) is 12.1 Å². The molecule has 1 aliphatic carbocycles. The SMILES string of the molecule is Cc1cc(CCN(c2cc3oc(Cc4ccc(F)cc4)cc3cc2C2CC2)S(=O)[O-])ccc1B1OC(C)(C)C(C)(C)O1. The Balaban J connectivity index is 1.23. The van der Waals surface area contributed by atoms with Gasteiger partial charge in [0.2, 0.25) is 0 Å². The molecular weight excluding hydrogens is 552 g/mol. The molecule has 6 rings (SSSR count). The summed E-state index contributed by atoms with van der Waals surface area (Å²) in [6.45, 7) is 10.5. The van der Waals surface area contributed by atoms with Crippen LogP contribution in [0.15, 0.2) is 65.1 Å². The van der Waals surface area contributed by atoms with Gasteiger partial charge >= 0.3 is 7.12 Å². The maximum absolute atomic E-state index is 13.3. The summed E-state index contributed by atoms with van der Waals surface area (Å²) in [4.78, 5) is 0. The van der Waals surface area contributed by atoms with Crippen LogP contribution in [0.1, 0.15) is 74.5 Å². The molecule has 0 N–H and O–H groups in total. The van der Waals surface area contributed by atoms with E-state index in [4.69, 9.17) is 13.7 Å². The Morgan fingerprint density at radius 1 is 0.976 bits per heavy atom. The van der Waals surface area contributed by atoms with Crippen LogP contribution in [-0.2, 0) is 33.4 Å². The summed E-state index contributed by atoms with van der Waals surface area (Å²) in [5, 5.41) is 0.948. The third-order valence-corrected chi connectivity index (χ3v) is 9.66. The molecule has 6 nitrogen and oxygen atoms in total. The lowest BCUT2D eigenvalue weighted by Crippen LogP contribution is -2.41. The van der Waals surface area contributed by atoms with Gasteiger partial charge in [-0.2, -0.15) is 0 Å². The first-order chi connectivity index (χ1) is 19.9. The number of fused-ring (bicyclic) bond motifs is 1. The van der Waals surface area contributed by atoms with Gasteiger partial charge in [0.15, 0.2) is 0 Å². The molecule has 1 aromatic heterocycles. The van der Waals surface area contributed by atoms with Crippen molar-refractivity contribution in [1.29, 1.82) is 0 Å². The maximum Gasteiger partial charge on any atom is 0.495 e. The van der Waals surface area contributed by atoms with E-state index < -0.39 is 29.6 Å². The summed E-state index contributed by atoms with van der Waals surface area (Å²) in [5.41, 5.74) is 5.53. The largest absolute Gasteiger partial charge is 0.755 e. The van der Waals surface area contributed by atoms with E-state index in [-0.39, 0.29) is 5.82 Å². The van der Waals surface area contributed by atoms with Crippen LogP contribution in [0.25, 0.3) is 11.0 Å². The molecule has 0 amide bonds. The number of hydrogen-bond donors (Lipinski definition) is 0. The minimum absolute atomic E-state index is 0.274. The van der Waals surface area contributed by atoms with Crippen LogP contribution in [0, 0.1) is 12.7 Å². The van der Waals surface area contributed by atoms with E-state index in [0.717, 1.165) is 51.7 Å². The van der Waals surface area contributed by atoms with Crippen LogP contribution >= 0.6 is 0 Å². The predicted molar refractivity (Wildman–Crippen MR) is 164 cm³/mol. The molecular formula is C33H36BFNO5S-.